The number of anilines is 1. The van der Waals surface area contributed by atoms with E-state index in [9.17, 15) is 0 Å². The Morgan fingerprint density at radius 2 is 1.95 bits per heavy atom. The highest BCUT2D eigenvalue weighted by Crippen LogP contribution is 2.29. The normalized spacial score (nSPS) is 16.5. The quantitative estimate of drug-likeness (QED) is 0.737. The maximum Gasteiger partial charge on any atom is 0.150 e. The van der Waals surface area contributed by atoms with Crippen molar-refractivity contribution >= 4 is 38.8 Å². The molecule has 0 spiro atoms. The SMILES string of the molecule is Cc1nc(CN2CCN(c3nsc4ccccc34)CC2)cs1. The first kappa shape index (κ1) is 14.1. The molecule has 1 aromatic carbocycles. The van der Waals surface area contributed by atoms with Gasteiger partial charge >= 0.3 is 0 Å². The third-order valence-corrected chi connectivity index (χ3v) is 5.72. The van der Waals surface area contributed by atoms with E-state index in [1.807, 2.05) is 0 Å². The van der Waals surface area contributed by atoms with Crippen LogP contribution in [0.15, 0.2) is 29.6 Å². The van der Waals surface area contributed by atoms with Crippen molar-refractivity contribution in [3.05, 3.63) is 40.3 Å². The van der Waals surface area contributed by atoms with Crippen molar-refractivity contribution in [3.8, 4) is 0 Å². The second kappa shape index (κ2) is 5.95. The van der Waals surface area contributed by atoms with Crippen LogP contribution in [0.5, 0.6) is 0 Å². The highest BCUT2D eigenvalue weighted by atomic mass is 32.1. The van der Waals surface area contributed by atoms with Crippen LogP contribution in [0.1, 0.15) is 10.7 Å². The maximum absolute atomic E-state index is 4.67. The number of fused-ring (bicyclic) bond motifs is 1. The van der Waals surface area contributed by atoms with E-state index in [1.54, 1.807) is 22.9 Å². The molecular formula is C16H18N4S2. The van der Waals surface area contributed by atoms with Crippen LogP contribution in [0.4, 0.5) is 5.82 Å². The molecule has 4 rings (SSSR count). The molecule has 0 aliphatic carbocycles. The van der Waals surface area contributed by atoms with Crippen molar-refractivity contribution < 1.29 is 0 Å². The Morgan fingerprint density at radius 1 is 1.14 bits per heavy atom. The summed E-state index contributed by atoms with van der Waals surface area (Å²) in [6, 6.07) is 8.51. The van der Waals surface area contributed by atoms with Gasteiger partial charge in [0.05, 0.1) is 15.4 Å². The first-order valence-corrected chi connectivity index (χ1v) is 9.17. The average Bonchev–Trinajstić information content (AvgIpc) is 3.14. The largest absolute Gasteiger partial charge is 0.353 e. The topological polar surface area (TPSA) is 32.3 Å². The second-order valence-corrected chi connectivity index (χ2v) is 7.49. The molecule has 1 saturated heterocycles. The molecule has 3 aromatic rings. The molecule has 6 heteroatoms. The van der Waals surface area contributed by atoms with E-state index in [0.29, 0.717) is 0 Å². The van der Waals surface area contributed by atoms with Crippen LogP contribution in [0, 0.1) is 6.92 Å². The van der Waals surface area contributed by atoms with E-state index < -0.39 is 0 Å². The molecule has 2 aromatic heterocycles. The Kier molecular flexibility index (Phi) is 3.82. The Bertz CT molecular complexity index is 771. The van der Waals surface area contributed by atoms with Gasteiger partial charge in [0.15, 0.2) is 0 Å². The van der Waals surface area contributed by atoms with Gasteiger partial charge in [0, 0.05) is 43.5 Å². The number of aryl methyl sites for hydroxylation is 1. The fraction of sp³-hybridized carbons (Fsp3) is 0.375. The highest BCUT2D eigenvalue weighted by Gasteiger charge is 2.21. The molecule has 0 N–H and O–H groups in total. The number of nitrogens with zero attached hydrogens (tertiary/aromatic N) is 4. The first-order chi connectivity index (χ1) is 10.8. The Morgan fingerprint density at radius 3 is 2.73 bits per heavy atom. The minimum absolute atomic E-state index is 0.968. The standard InChI is InChI=1S/C16H18N4S2/c1-12-17-13(11-21-12)10-19-6-8-20(9-7-19)16-14-4-2-3-5-15(14)22-18-16/h2-5,11H,6-10H2,1H3. The minimum atomic E-state index is 0.968. The van der Waals surface area contributed by atoms with Gasteiger partial charge in [-0.15, -0.1) is 11.3 Å². The molecule has 3 heterocycles. The highest BCUT2D eigenvalue weighted by molar-refractivity contribution is 7.13. The van der Waals surface area contributed by atoms with Crippen LogP contribution in [0.3, 0.4) is 0 Å². The van der Waals surface area contributed by atoms with E-state index in [0.717, 1.165) is 43.5 Å². The van der Waals surface area contributed by atoms with Gasteiger partial charge < -0.3 is 4.90 Å². The number of piperazine rings is 1. The molecule has 0 radical (unpaired) electrons. The lowest BCUT2D eigenvalue weighted by molar-refractivity contribution is 0.247. The van der Waals surface area contributed by atoms with E-state index in [1.165, 1.54) is 15.8 Å². The Hall–Kier alpha value is -1.50. The number of hydrogen-bond acceptors (Lipinski definition) is 6. The van der Waals surface area contributed by atoms with Crippen LogP contribution >= 0.6 is 22.9 Å². The zero-order valence-electron chi connectivity index (χ0n) is 12.5. The van der Waals surface area contributed by atoms with Crippen LogP contribution in [-0.2, 0) is 6.54 Å². The van der Waals surface area contributed by atoms with Crippen molar-refractivity contribution in [2.24, 2.45) is 0 Å². The zero-order valence-corrected chi connectivity index (χ0v) is 14.2. The number of hydrogen-bond donors (Lipinski definition) is 0. The molecule has 114 valence electrons. The first-order valence-electron chi connectivity index (χ1n) is 7.52. The summed E-state index contributed by atoms with van der Waals surface area (Å²) in [6.45, 7) is 7.26. The molecule has 1 aliphatic rings. The Labute approximate surface area is 138 Å². The van der Waals surface area contributed by atoms with E-state index >= 15 is 0 Å². The van der Waals surface area contributed by atoms with Crippen molar-refractivity contribution in [2.45, 2.75) is 13.5 Å². The lowest BCUT2D eigenvalue weighted by atomic mass is 10.2. The molecule has 0 saturated carbocycles. The van der Waals surface area contributed by atoms with Gasteiger partial charge in [0.1, 0.15) is 5.82 Å². The lowest BCUT2D eigenvalue weighted by Crippen LogP contribution is -2.46. The molecule has 0 amide bonds. The van der Waals surface area contributed by atoms with Gasteiger partial charge in [-0.3, -0.25) is 4.90 Å². The third kappa shape index (κ3) is 2.74. The molecule has 1 aliphatic heterocycles. The number of benzene rings is 1. The van der Waals surface area contributed by atoms with Gasteiger partial charge in [-0.05, 0) is 30.6 Å². The van der Waals surface area contributed by atoms with Gasteiger partial charge in [0.2, 0.25) is 0 Å². The second-order valence-electron chi connectivity index (χ2n) is 5.62. The summed E-state index contributed by atoms with van der Waals surface area (Å²) in [5.74, 6) is 1.16. The average molecular weight is 330 g/mol. The molecule has 22 heavy (non-hydrogen) atoms. The molecule has 1 fully saturated rings. The Balaban J connectivity index is 1.43. The van der Waals surface area contributed by atoms with Crippen LogP contribution in [-0.4, -0.2) is 40.4 Å². The van der Waals surface area contributed by atoms with Crippen LogP contribution in [0.25, 0.3) is 10.1 Å². The molecule has 4 nitrogen and oxygen atoms in total. The summed E-state index contributed by atoms with van der Waals surface area (Å²) < 4.78 is 5.95. The maximum atomic E-state index is 4.67. The fourth-order valence-electron chi connectivity index (χ4n) is 2.93. The number of thiazole rings is 1. The smallest absolute Gasteiger partial charge is 0.150 e. The van der Waals surface area contributed by atoms with Gasteiger partial charge in [-0.25, -0.2) is 4.98 Å². The predicted octanol–water partition coefficient (Wildman–Crippen LogP) is 3.38. The van der Waals surface area contributed by atoms with Crippen molar-refractivity contribution in [3.63, 3.8) is 0 Å². The fourth-order valence-corrected chi connectivity index (χ4v) is 4.33. The summed E-state index contributed by atoms with van der Waals surface area (Å²) >= 11 is 3.34. The number of aromatic nitrogens is 2. The van der Waals surface area contributed by atoms with Crippen molar-refractivity contribution in [2.75, 3.05) is 31.1 Å². The summed E-state index contributed by atoms with van der Waals surface area (Å²) in [6.07, 6.45) is 0. The summed E-state index contributed by atoms with van der Waals surface area (Å²) in [7, 11) is 0. The summed E-state index contributed by atoms with van der Waals surface area (Å²) in [4.78, 5) is 9.47. The summed E-state index contributed by atoms with van der Waals surface area (Å²) in [5.41, 5.74) is 1.20. The lowest BCUT2D eigenvalue weighted by Gasteiger charge is -2.34. The predicted molar refractivity (Wildman–Crippen MR) is 94.0 cm³/mol. The molecule has 0 bridgehead atoms. The van der Waals surface area contributed by atoms with Crippen LogP contribution < -0.4 is 4.90 Å². The van der Waals surface area contributed by atoms with Gasteiger partial charge in [-0.1, -0.05) is 12.1 Å². The van der Waals surface area contributed by atoms with E-state index in [-0.39, 0.29) is 0 Å². The third-order valence-electron chi connectivity index (χ3n) is 4.08. The van der Waals surface area contributed by atoms with Gasteiger partial charge in [-0.2, -0.15) is 4.37 Å². The molecule has 0 unspecified atom stereocenters. The zero-order chi connectivity index (χ0) is 14.9. The molecular weight excluding hydrogens is 312 g/mol. The van der Waals surface area contributed by atoms with E-state index in [4.69, 9.17) is 0 Å². The molecule has 0 atom stereocenters. The number of rotatable bonds is 3. The summed E-state index contributed by atoms with van der Waals surface area (Å²) in [5, 5.41) is 4.62. The van der Waals surface area contributed by atoms with Crippen molar-refractivity contribution in [1.82, 2.24) is 14.3 Å². The van der Waals surface area contributed by atoms with Crippen molar-refractivity contribution in [1.29, 1.82) is 0 Å². The van der Waals surface area contributed by atoms with Crippen LogP contribution in [0.2, 0.25) is 0 Å². The monoisotopic (exact) mass is 330 g/mol. The van der Waals surface area contributed by atoms with Gasteiger partial charge in [0.25, 0.3) is 0 Å². The minimum Gasteiger partial charge on any atom is -0.353 e. The van der Waals surface area contributed by atoms with E-state index in [2.05, 4.69) is 55.7 Å².